The van der Waals surface area contributed by atoms with Crippen molar-refractivity contribution in [3.05, 3.63) is 60.8 Å². The van der Waals surface area contributed by atoms with Gasteiger partial charge < -0.3 is 19.5 Å². The molecule has 0 radical (unpaired) electrons. The maximum atomic E-state index is 12.1. The molecule has 3 aromatic rings. The summed E-state index contributed by atoms with van der Waals surface area (Å²) in [5.41, 5.74) is 2.03. The highest BCUT2D eigenvalue weighted by Gasteiger charge is 2.21. The largest absolute Gasteiger partial charge is 0.484 e. The Morgan fingerprint density at radius 2 is 2.00 bits per heavy atom. The van der Waals surface area contributed by atoms with Crippen molar-refractivity contribution in [2.45, 2.75) is 25.8 Å². The van der Waals surface area contributed by atoms with Crippen molar-refractivity contribution < 1.29 is 14.3 Å². The number of carbonyl (C=O) groups is 2. The molecular weight excluding hydrogens is 366 g/mol. The predicted octanol–water partition coefficient (Wildman–Crippen LogP) is 3.35. The summed E-state index contributed by atoms with van der Waals surface area (Å²) < 4.78 is 7.81. The van der Waals surface area contributed by atoms with Crippen LogP contribution < -0.4 is 15.0 Å². The van der Waals surface area contributed by atoms with Crippen LogP contribution in [-0.4, -0.2) is 36.1 Å². The fourth-order valence-corrected chi connectivity index (χ4v) is 3.68. The lowest BCUT2D eigenvalue weighted by molar-refractivity contribution is -0.123. The van der Waals surface area contributed by atoms with Gasteiger partial charge in [-0.15, -0.1) is 0 Å². The van der Waals surface area contributed by atoms with Crippen LogP contribution in [0.5, 0.6) is 5.75 Å². The summed E-state index contributed by atoms with van der Waals surface area (Å²) in [6, 6.07) is 17.7. The number of ether oxygens (including phenoxy) is 1. The maximum Gasteiger partial charge on any atom is 0.257 e. The van der Waals surface area contributed by atoms with Crippen molar-refractivity contribution in [3.63, 3.8) is 0 Å². The minimum atomic E-state index is -0.148. The van der Waals surface area contributed by atoms with Gasteiger partial charge in [0.25, 0.3) is 5.91 Å². The number of benzene rings is 2. The Labute approximate surface area is 170 Å². The van der Waals surface area contributed by atoms with Crippen LogP contribution in [0.3, 0.4) is 0 Å². The van der Waals surface area contributed by atoms with Crippen LogP contribution in [-0.2, 0) is 16.1 Å². The minimum Gasteiger partial charge on any atom is -0.484 e. The van der Waals surface area contributed by atoms with E-state index in [9.17, 15) is 9.59 Å². The van der Waals surface area contributed by atoms with Crippen molar-refractivity contribution >= 4 is 28.4 Å². The van der Waals surface area contributed by atoms with Crippen LogP contribution in [0, 0.1) is 0 Å². The summed E-state index contributed by atoms with van der Waals surface area (Å²) in [5.74, 6) is 0.580. The first kappa shape index (κ1) is 19.1. The average molecular weight is 391 g/mol. The summed E-state index contributed by atoms with van der Waals surface area (Å²) in [4.78, 5) is 25.7. The molecule has 6 heteroatoms. The number of aryl methyl sites for hydroxylation is 1. The fraction of sp³-hybridized carbons (Fsp3) is 0.304. The first-order valence-electron chi connectivity index (χ1n) is 10.0. The fourth-order valence-electron chi connectivity index (χ4n) is 3.68. The van der Waals surface area contributed by atoms with E-state index >= 15 is 0 Å². The molecule has 4 rings (SSSR count). The van der Waals surface area contributed by atoms with Crippen LogP contribution in [0.25, 0.3) is 10.9 Å². The lowest BCUT2D eigenvalue weighted by Crippen LogP contribution is -2.30. The van der Waals surface area contributed by atoms with E-state index in [1.807, 2.05) is 30.3 Å². The second-order valence-corrected chi connectivity index (χ2v) is 7.21. The predicted molar refractivity (Wildman–Crippen MR) is 113 cm³/mol. The summed E-state index contributed by atoms with van der Waals surface area (Å²) in [6.45, 7) is 2.14. The standard InChI is InChI=1S/C23H25N3O3/c27-22(24-12-5-13-25-15-11-18-6-1-2-9-21(18)25)17-29-20-8-3-7-19(16-20)26-14-4-10-23(26)28/h1-3,6-9,11,15-16H,4-5,10,12-14,17H2,(H,24,27). The number of hydrogen-bond acceptors (Lipinski definition) is 3. The van der Waals surface area contributed by atoms with Gasteiger partial charge in [-0.05, 0) is 42.5 Å². The molecule has 0 atom stereocenters. The monoisotopic (exact) mass is 391 g/mol. The number of para-hydroxylation sites is 1. The van der Waals surface area contributed by atoms with Crippen LogP contribution in [0.2, 0.25) is 0 Å². The van der Waals surface area contributed by atoms with E-state index in [4.69, 9.17) is 4.74 Å². The van der Waals surface area contributed by atoms with Gasteiger partial charge in [0.1, 0.15) is 5.75 Å². The molecule has 2 amide bonds. The maximum absolute atomic E-state index is 12.1. The molecule has 1 N–H and O–H groups in total. The van der Waals surface area contributed by atoms with E-state index in [1.165, 1.54) is 10.9 Å². The lowest BCUT2D eigenvalue weighted by atomic mass is 10.2. The Hall–Kier alpha value is -3.28. The molecule has 29 heavy (non-hydrogen) atoms. The highest BCUT2D eigenvalue weighted by molar-refractivity contribution is 5.95. The van der Waals surface area contributed by atoms with Crippen molar-refractivity contribution in [2.24, 2.45) is 0 Å². The Bertz CT molecular complexity index is 1010. The molecule has 6 nitrogen and oxygen atoms in total. The normalized spacial score (nSPS) is 13.8. The first-order chi connectivity index (χ1) is 14.2. The molecule has 1 aliphatic rings. The SMILES string of the molecule is O=C(COc1cccc(N2CCCC2=O)c1)NCCCn1ccc2ccccc21. The minimum absolute atomic E-state index is 0.0378. The quantitative estimate of drug-likeness (QED) is 0.599. The molecule has 2 aromatic carbocycles. The highest BCUT2D eigenvalue weighted by Crippen LogP contribution is 2.25. The Balaban J connectivity index is 1.21. The van der Waals surface area contributed by atoms with E-state index in [0.29, 0.717) is 18.7 Å². The summed E-state index contributed by atoms with van der Waals surface area (Å²) in [7, 11) is 0. The third kappa shape index (κ3) is 4.59. The van der Waals surface area contributed by atoms with Crippen molar-refractivity contribution in [1.82, 2.24) is 9.88 Å². The van der Waals surface area contributed by atoms with Crippen molar-refractivity contribution in [1.29, 1.82) is 0 Å². The molecule has 2 heterocycles. The topological polar surface area (TPSA) is 63.6 Å². The van der Waals surface area contributed by atoms with Gasteiger partial charge in [-0.2, -0.15) is 0 Å². The molecule has 1 aromatic heterocycles. The second-order valence-electron chi connectivity index (χ2n) is 7.21. The van der Waals surface area contributed by atoms with Crippen LogP contribution in [0.1, 0.15) is 19.3 Å². The molecule has 0 saturated carbocycles. The third-order valence-electron chi connectivity index (χ3n) is 5.15. The molecule has 0 bridgehead atoms. The third-order valence-corrected chi connectivity index (χ3v) is 5.15. The van der Waals surface area contributed by atoms with Gasteiger partial charge in [0.2, 0.25) is 5.91 Å². The van der Waals surface area contributed by atoms with Gasteiger partial charge in [-0.25, -0.2) is 0 Å². The van der Waals surface area contributed by atoms with E-state index < -0.39 is 0 Å². The molecule has 150 valence electrons. The number of nitrogens with one attached hydrogen (secondary N) is 1. The smallest absolute Gasteiger partial charge is 0.257 e. The van der Waals surface area contributed by atoms with Gasteiger partial charge in [0.15, 0.2) is 6.61 Å². The second kappa shape index (κ2) is 8.82. The van der Waals surface area contributed by atoms with E-state index in [0.717, 1.165) is 31.6 Å². The first-order valence-corrected chi connectivity index (χ1v) is 10.0. The number of rotatable bonds is 8. The average Bonchev–Trinajstić information content (AvgIpc) is 3.36. The van der Waals surface area contributed by atoms with Gasteiger partial charge >= 0.3 is 0 Å². The molecule has 0 aliphatic carbocycles. The molecule has 0 spiro atoms. The number of nitrogens with zero attached hydrogens (tertiary/aromatic N) is 2. The molecule has 1 aliphatic heterocycles. The number of amides is 2. The highest BCUT2D eigenvalue weighted by atomic mass is 16.5. The number of hydrogen-bond donors (Lipinski definition) is 1. The van der Waals surface area contributed by atoms with Crippen LogP contribution >= 0.6 is 0 Å². The van der Waals surface area contributed by atoms with Gasteiger partial charge in [-0.3, -0.25) is 9.59 Å². The van der Waals surface area contributed by atoms with Crippen molar-refractivity contribution in [3.8, 4) is 5.75 Å². The van der Waals surface area contributed by atoms with Gasteiger partial charge in [0.05, 0.1) is 0 Å². The Morgan fingerprint density at radius 1 is 1.10 bits per heavy atom. The number of aromatic nitrogens is 1. The Kier molecular flexibility index (Phi) is 5.79. The molecule has 0 unspecified atom stereocenters. The van der Waals surface area contributed by atoms with Crippen LogP contribution in [0.15, 0.2) is 60.8 Å². The summed E-state index contributed by atoms with van der Waals surface area (Å²) >= 11 is 0. The zero-order valence-electron chi connectivity index (χ0n) is 16.3. The molecule has 1 fully saturated rings. The van der Waals surface area contributed by atoms with Gasteiger partial charge in [0, 0.05) is 49.5 Å². The summed E-state index contributed by atoms with van der Waals surface area (Å²) in [6.07, 6.45) is 4.39. The molecule has 1 saturated heterocycles. The zero-order chi connectivity index (χ0) is 20.1. The van der Waals surface area contributed by atoms with Crippen molar-refractivity contribution in [2.75, 3.05) is 24.6 Å². The Morgan fingerprint density at radius 3 is 2.86 bits per heavy atom. The number of anilines is 1. The number of fused-ring (bicyclic) bond motifs is 1. The van der Waals surface area contributed by atoms with Gasteiger partial charge in [-0.1, -0.05) is 24.3 Å². The lowest BCUT2D eigenvalue weighted by Gasteiger charge is -2.16. The zero-order valence-corrected chi connectivity index (χ0v) is 16.3. The molecular formula is C23H25N3O3. The summed E-state index contributed by atoms with van der Waals surface area (Å²) in [5, 5.41) is 4.12. The number of carbonyl (C=O) groups excluding carboxylic acids is 2. The van der Waals surface area contributed by atoms with E-state index in [1.54, 1.807) is 11.0 Å². The van der Waals surface area contributed by atoms with E-state index in [2.05, 4.69) is 34.3 Å². The van der Waals surface area contributed by atoms with Crippen LogP contribution in [0.4, 0.5) is 5.69 Å². The van der Waals surface area contributed by atoms with E-state index in [-0.39, 0.29) is 18.4 Å².